The minimum Gasteiger partial charge on any atom is -0.465 e. The molecule has 19 heavy (non-hydrogen) atoms. The third-order valence-electron chi connectivity index (χ3n) is 3.13. The van der Waals surface area contributed by atoms with Crippen molar-refractivity contribution >= 4 is 0 Å². The van der Waals surface area contributed by atoms with Crippen LogP contribution >= 0.6 is 0 Å². The normalized spacial score (nSPS) is 12.1. The van der Waals surface area contributed by atoms with Crippen molar-refractivity contribution in [1.82, 2.24) is 15.1 Å². The van der Waals surface area contributed by atoms with Crippen molar-refractivity contribution in [3.8, 4) is 0 Å². The second kappa shape index (κ2) is 7.68. The van der Waals surface area contributed by atoms with E-state index in [-0.39, 0.29) is 0 Å². The second-order valence-corrected chi connectivity index (χ2v) is 5.87. The number of hydrogen-bond acceptors (Lipinski definition) is 4. The van der Waals surface area contributed by atoms with Crippen molar-refractivity contribution in [2.75, 3.05) is 34.2 Å². The molecular weight excluding hydrogens is 238 g/mol. The maximum Gasteiger partial charge on any atom is 0.118 e. The SMILES string of the molecule is Cc1oc(CNC(C)C)cc1CN(C)CCN(C)C. The van der Waals surface area contributed by atoms with Crippen molar-refractivity contribution < 1.29 is 4.42 Å². The zero-order valence-corrected chi connectivity index (χ0v) is 13.3. The molecule has 0 radical (unpaired) electrons. The average Bonchev–Trinajstić information content (AvgIpc) is 2.65. The molecule has 0 aliphatic heterocycles. The monoisotopic (exact) mass is 267 g/mol. The Morgan fingerprint density at radius 1 is 1.21 bits per heavy atom. The van der Waals surface area contributed by atoms with Gasteiger partial charge >= 0.3 is 0 Å². The molecule has 4 nitrogen and oxygen atoms in total. The highest BCUT2D eigenvalue weighted by atomic mass is 16.3. The molecule has 1 aromatic heterocycles. The van der Waals surface area contributed by atoms with Gasteiger partial charge < -0.3 is 19.5 Å². The van der Waals surface area contributed by atoms with Crippen LogP contribution in [0.2, 0.25) is 0 Å². The first-order chi connectivity index (χ1) is 8.88. The molecule has 0 aliphatic carbocycles. The lowest BCUT2D eigenvalue weighted by Gasteiger charge is -2.18. The molecule has 1 rings (SSSR count). The highest BCUT2D eigenvalue weighted by Gasteiger charge is 2.10. The van der Waals surface area contributed by atoms with Gasteiger partial charge in [0.15, 0.2) is 0 Å². The highest BCUT2D eigenvalue weighted by molar-refractivity contribution is 5.20. The van der Waals surface area contributed by atoms with E-state index in [9.17, 15) is 0 Å². The molecule has 110 valence electrons. The summed E-state index contributed by atoms with van der Waals surface area (Å²) in [4.78, 5) is 4.54. The Labute approximate surface area is 117 Å². The minimum atomic E-state index is 0.483. The lowest BCUT2D eigenvalue weighted by atomic mass is 10.2. The van der Waals surface area contributed by atoms with Gasteiger partial charge in [0, 0.05) is 31.2 Å². The topological polar surface area (TPSA) is 31.7 Å². The van der Waals surface area contributed by atoms with Gasteiger partial charge in [-0.1, -0.05) is 13.8 Å². The molecule has 1 heterocycles. The first-order valence-corrected chi connectivity index (χ1v) is 7.03. The van der Waals surface area contributed by atoms with Crippen LogP contribution in [0.1, 0.15) is 30.9 Å². The van der Waals surface area contributed by atoms with E-state index in [1.165, 1.54) is 5.56 Å². The minimum absolute atomic E-state index is 0.483. The lowest BCUT2D eigenvalue weighted by Crippen LogP contribution is -2.28. The van der Waals surface area contributed by atoms with E-state index in [0.29, 0.717) is 6.04 Å². The Kier molecular flexibility index (Phi) is 6.55. The van der Waals surface area contributed by atoms with Gasteiger partial charge in [0.2, 0.25) is 0 Å². The Morgan fingerprint density at radius 3 is 2.47 bits per heavy atom. The predicted molar refractivity (Wildman–Crippen MR) is 80.3 cm³/mol. The fourth-order valence-corrected chi connectivity index (χ4v) is 1.88. The summed E-state index contributed by atoms with van der Waals surface area (Å²) in [7, 11) is 6.36. The predicted octanol–water partition coefficient (Wildman–Crippen LogP) is 2.08. The summed E-state index contributed by atoms with van der Waals surface area (Å²) in [6, 6.07) is 2.66. The standard InChI is InChI=1S/C15H29N3O/c1-12(2)16-10-15-9-14(13(3)19-15)11-18(6)8-7-17(4)5/h9,12,16H,7-8,10-11H2,1-6H3. The van der Waals surface area contributed by atoms with E-state index < -0.39 is 0 Å². The quantitative estimate of drug-likeness (QED) is 0.781. The molecule has 1 N–H and O–H groups in total. The van der Waals surface area contributed by atoms with E-state index >= 15 is 0 Å². The van der Waals surface area contributed by atoms with Gasteiger partial charge in [-0.3, -0.25) is 0 Å². The van der Waals surface area contributed by atoms with E-state index in [1.54, 1.807) is 0 Å². The third-order valence-corrected chi connectivity index (χ3v) is 3.13. The van der Waals surface area contributed by atoms with Gasteiger partial charge in [0.25, 0.3) is 0 Å². The maximum absolute atomic E-state index is 5.79. The molecule has 0 saturated heterocycles. The summed E-state index contributed by atoms with van der Waals surface area (Å²) in [5.74, 6) is 2.07. The number of aryl methyl sites for hydroxylation is 1. The van der Waals surface area contributed by atoms with Crippen molar-refractivity contribution in [1.29, 1.82) is 0 Å². The highest BCUT2D eigenvalue weighted by Crippen LogP contribution is 2.16. The first-order valence-electron chi connectivity index (χ1n) is 7.03. The van der Waals surface area contributed by atoms with Crippen LogP contribution in [0.15, 0.2) is 10.5 Å². The third kappa shape index (κ3) is 6.23. The molecule has 0 aliphatic rings. The van der Waals surface area contributed by atoms with Crippen LogP contribution in [-0.4, -0.2) is 50.1 Å². The number of nitrogens with zero attached hydrogens (tertiary/aromatic N) is 2. The number of hydrogen-bond donors (Lipinski definition) is 1. The summed E-state index contributed by atoms with van der Waals surface area (Å²) in [5, 5.41) is 3.38. The van der Waals surface area contributed by atoms with Crippen LogP contribution in [0.4, 0.5) is 0 Å². The summed E-state index contributed by atoms with van der Waals surface area (Å²) < 4.78 is 5.79. The van der Waals surface area contributed by atoms with Gasteiger partial charge in [-0.25, -0.2) is 0 Å². The molecular formula is C15H29N3O. The lowest BCUT2D eigenvalue weighted by molar-refractivity contribution is 0.275. The fourth-order valence-electron chi connectivity index (χ4n) is 1.88. The molecule has 0 aromatic carbocycles. The van der Waals surface area contributed by atoms with Gasteiger partial charge in [-0.05, 0) is 34.1 Å². The van der Waals surface area contributed by atoms with Crippen molar-refractivity contribution in [3.05, 3.63) is 23.2 Å². The average molecular weight is 267 g/mol. The molecule has 0 bridgehead atoms. The van der Waals surface area contributed by atoms with Gasteiger partial charge in [0.1, 0.15) is 11.5 Å². The first kappa shape index (κ1) is 16.2. The van der Waals surface area contributed by atoms with Crippen LogP contribution in [0.5, 0.6) is 0 Å². The number of nitrogens with one attached hydrogen (secondary N) is 1. The van der Waals surface area contributed by atoms with E-state index in [1.807, 2.05) is 6.92 Å². The molecule has 1 aromatic rings. The molecule has 0 fully saturated rings. The van der Waals surface area contributed by atoms with Crippen LogP contribution in [0, 0.1) is 6.92 Å². The van der Waals surface area contributed by atoms with Gasteiger partial charge in [-0.2, -0.15) is 0 Å². The van der Waals surface area contributed by atoms with Crippen LogP contribution in [0.3, 0.4) is 0 Å². The maximum atomic E-state index is 5.79. The second-order valence-electron chi connectivity index (χ2n) is 5.87. The largest absolute Gasteiger partial charge is 0.465 e. The molecule has 4 heteroatoms. The number of likely N-dealkylation sites (N-methyl/N-ethyl adjacent to an activating group) is 2. The fraction of sp³-hybridized carbons (Fsp3) is 0.733. The number of rotatable bonds is 8. The zero-order chi connectivity index (χ0) is 14.4. The Bertz CT molecular complexity index is 371. The van der Waals surface area contributed by atoms with E-state index in [2.05, 4.69) is 56.2 Å². The van der Waals surface area contributed by atoms with Gasteiger partial charge in [0.05, 0.1) is 6.54 Å². The van der Waals surface area contributed by atoms with Crippen LogP contribution in [0.25, 0.3) is 0 Å². The van der Waals surface area contributed by atoms with Crippen LogP contribution in [-0.2, 0) is 13.1 Å². The Hall–Kier alpha value is -0.840. The van der Waals surface area contributed by atoms with Crippen molar-refractivity contribution in [2.24, 2.45) is 0 Å². The summed E-state index contributed by atoms with van der Waals surface area (Å²) in [5.41, 5.74) is 1.29. The van der Waals surface area contributed by atoms with Crippen molar-refractivity contribution in [3.63, 3.8) is 0 Å². The van der Waals surface area contributed by atoms with Gasteiger partial charge in [-0.15, -0.1) is 0 Å². The van der Waals surface area contributed by atoms with Crippen LogP contribution < -0.4 is 5.32 Å². The summed E-state index contributed by atoms with van der Waals surface area (Å²) in [6.07, 6.45) is 0. The summed E-state index contributed by atoms with van der Waals surface area (Å²) in [6.45, 7) is 10.2. The molecule has 0 spiro atoms. The number of furan rings is 1. The molecule has 0 unspecified atom stereocenters. The van der Waals surface area contributed by atoms with Crippen molar-refractivity contribution in [2.45, 2.75) is 39.9 Å². The van der Waals surface area contributed by atoms with E-state index in [4.69, 9.17) is 4.42 Å². The Morgan fingerprint density at radius 2 is 1.89 bits per heavy atom. The summed E-state index contributed by atoms with van der Waals surface area (Å²) >= 11 is 0. The molecule has 0 amide bonds. The van der Waals surface area contributed by atoms with E-state index in [0.717, 1.165) is 37.7 Å². The Balaban J connectivity index is 2.49. The molecule has 0 saturated carbocycles. The smallest absolute Gasteiger partial charge is 0.118 e. The zero-order valence-electron chi connectivity index (χ0n) is 13.3. The molecule has 0 atom stereocenters.